The molecule has 0 unspecified atom stereocenters. The molecule has 1 aromatic heterocycles. The van der Waals surface area contributed by atoms with Crippen molar-refractivity contribution in [3.8, 4) is 5.75 Å². The summed E-state index contributed by atoms with van der Waals surface area (Å²) >= 11 is 0. The van der Waals surface area contributed by atoms with Crippen molar-refractivity contribution in [1.82, 2.24) is 14.9 Å². The molecule has 2 aliphatic heterocycles. The summed E-state index contributed by atoms with van der Waals surface area (Å²) in [7, 11) is 0. The van der Waals surface area contributed by atoms with E-state index in [1.54, 1.807) is 4.90 Å². The van der Waals surface area contributed by atoms with Crippen molar-refractivity contribution in [1.29, 1.82) is 0 Å². The van der Waals surface area contributed by atoms with E-state index < -0.39 is 5.82 Å². The Labute approximate surface area is 178 Å². The number of aromatic nitrogens is 2. The van der Waals surface area contributed by atoms with Crippen LogP contribution in [0.2, 0.25) is 0 Å². The predicted molar refractivity (Wildman–Crippen MR) is 111 cm³/mol. The number of benzene rings is 1. The van der Waals surface area contributed by atoms with Crippen molar-refractivity contribution in [3.63, 3.8) is 0 Å². The number of H-pyrrole nitrogens is 1. The van der Waals surface area contributed by atoms with Gasteiger partial charge >= 0.3 is 0 Å². The van der Waals surface area contributed by atoms with Crippen LogP contribution < -0.4 is 10.5 Å². The Bertz CT molecular complexity index is 1070. The number of rotatable bonds is 2. The summed E-state index contributed by atoms with van der Waals surface area (Å²) in [5.41, 5.74) is 1.27. The van der Waals surface area contributed by atoms with Crippen LogP contribution >= 0.6 is 0 Å². The third-order valence-corrected chi connectivity index (χ3v) is 6.86. The lowest BCUT2D eigenvalue weighted by Crippen LogP contribution is -2.45. The van der Waals surface area contributed by atoms with E-state index in [1.807, 2.05) is 4.90 Å². The highest BCUT2D eigenvalue weighted by molar-refractivity contribution is 5.94. The molecule has 2 saturated heterocycles. The van der Waals surface area contributed by atoms with Gasteiger partial charge in [-0.2, -0.15) is 0 Å². The number of phenols is 1. The van der Waals surface area contributed by atoms with Gasteiger partial charge in [-0.15, -0.1) is 0 Å². The largest absolute Gasteiger partial charge is 0.508 e. The summed E-state index contributed by atoms with van der Waals surface area (Å²) in [6, 6.07) is 3.59. The van der Waals surface area contributed by atoms with E-state index in [1.165, 1.54) is 12.1 Å². The van der Waals surface area contributed by atoms with Crippen LogP contribution in [0, 0.1) is 5.82 Å². The Morgan fingerprint density at radius 2 is 1.90 bits per heavy atom. The molecule has 3 aliphatic rings. The molecule has 5 rings (SSSR count). The second kappa shape index (κ2) is 7.64. The molecular weight excluding hydrogens is 403 g/mol. The Kier molecular flexibility index (Phi) is 4.92. The summed E-state index contributed by atoms with van der Waals surface area (Å²) in [5, 5.41) is 9.39. The number of amides is 1. The molecular formula is C22H25FN4O4. The second-order valence-corrected chi connectivity index (χ2v) is 8.55. The van der Waals surface area contributed by atoms with Crippen LogP contribution in [0.25, 0.3) is 0 Å². The standard InChI is InChI=1S/C22H25FN4O4/c23-17-13-14(28)1-2-15(17)20(30)26-7-5-22(6-8-26)4-3-16-18(22)24-21(25-19(16)29)27-9-11-31-12-10-27/h1-2,13,28H,3-12H2,(H,24,25,29). The molecule has 2 aromatic rings. The Hall–Kier alpha value is -2.94. The molecule has 0 atom stereocenters. The first kappa shape index (κ1) is 20.0. The van der Waals surface area contributed by atoms with Crippen molar-refractivity contribution in [2.24, 2.45) is 0 Å². The molecule has 164 valence electrons. The third-order valence-electron chi connectivity index (χ3n) is 6.86. The van der Waals surface area contributed by atoms with Crippen LogP contribution in [-0.2, 0) is 16.6 Å². The van der Waals surface area contributed by atoms with Crippen molar-refractivity contribution >= 4 is 11.9 Å². The number of aromatic hydroxyl groups is 1. The highest BCUT2D eigenvalue weighted by atomic mass is 19.1. The topological polar surface area (TPSA) is 98.8 Å². The number of carbonyl (C=O) groups excluding carboxylic acids is 1. The highest BCUT2D eigenvalue weighted by Gasteiger charge is 2.45. The van der Waals surface area contributed by atoms with E-state index in [0.717, 1.165) is 23.7 Å². The first-order valence-corrected chi connectivity index (χ1v) is 10.7. The summed E-state index contributed by atoms with van der Waals surface area (Å²) < 4.78 is 19.5. The summed E-state index contributed by atoms with van der Waals surface area (Å²) in [6.45, 7) is 3.54. The number of nitrogens with zero attached hydrogens (tertiary/aromatic N) is 3. The fourth-order valence-electron chi connectivity index (χ4n) is 5.04. The number of anilines is 1. The zero-order valence-corrected chi connectivity index (χ0v) is 17.2. The van der Waals surface area contributed by atoms with E-state index in [-0.39, 0.29) is 28.2 Å². The number of carbonyl (C=O) groups is 1. The lowest BCUT2D eigenvalue weighted by Gasteiger charge is -2.39. The molecule has 1 amide bonds. The quantitative estimate of drug-likeness (QED) is 0.754. The van der Waals surface area contributed by atoms with Gasteiger partial charge in [0.1, 0.15) is 11.6 Å². The van der Waals surface area contributed by atoms with E-state index in [0.29, 0.717) is 64.6 Å². The Balaban J connectivity index is 1.37. The van der Waals surface area contributed by atoms with E-state index >= 15 is 0 Å². The number of aromatic amines is 1. The van der Waals surface area contributed by atoms with E-state index in [2.05, 4.69) is 4.98 Å². The van der Waals surface area contributed by atoms with Crippen LogP contribution in [0.5, 0.6) is 5.75 Å². The second-order valence-electron chi connectivity index (χ2n) is 8.55. The van der Waals surface area contributed by atoms with E-state index in [9.17, 15) is 19.1 Å². The summed E-state index contributed by atoms with van der Waals surface area (Å²) in [4.78, 5) is 37.1. The first-order valence-electron chi connectivity index (χ1n) is 10.7. The fraction of sp³-hybridized carbons (Fsp3) is 0.500. The van der Waals surface area contributed by atoms with Gasteiger partial charge in [0.25, 0.3) is 11.5 Å². The zero-order valence-electron chi connectivity index (χ0n) is 17.2. The van der Waals surface area contributed by atoms with Crippen LogP contribution in [0.3, 0.4) is 0 Å². The molecule has 0 saturated carbocycles. The SMILES string of the molecule is O=C(c1ccc(O)cc1F)N1CCC2(CCc3c2nc(N2CCOCC2)[nH]c3=O)CC1. The summed E-state index contributed by atoms with van der Waals surface area (Å²) in [5.74, 6) is -0.710. The number of ether oxygens (including phenoxy) is 1. The number of likely N-dealkylation sites (tertiary alicyclic amines) is 1. The van der Waals surface area contributed by atoms with Gasteiger partial charge in [-0.3, -0.25) is 14.6 Å². The minimum atomic E-state index is -0.722. The third kappa shape index (κ3) is 3.46. The molecule has 9 heteroatoms. The van der Waals surface area contributed by atoms with Crippen molar-refractivity contribution < 1.29 is 19.0 Å². The average Bonchev–Trinajstić information content (AvgIpc) is 3.13. The number of hydrogen-bond acceptors (Lipinski definition) is 6. The van der Waals surface area contributed by atoms with Gasteiger partial charge in [0.05, 0.1) is 24.5 Å². The van der Waals surface area contributed by atoms with Crippen LogP contribution in [0.4, 0.5) is 10.3 Å². The molecule has 31 heavy (non-hydrogen) atoms. The lowest BCUT2D eigenvalue weighted by atomic mass is 9.76. The van der Waals surface area contributed by atoms with E-state index in [4.69, 9.17) is 9.72 Å². The molecule has 3 heterocycles. The maximum absolute atomic E-state index is 14.1. The smallest absolute Gasteiger partial charge is 0.256 e. The van der Waals surface area contributed by atoms with Crippen LogP contribution in [-0.4, -0.2) is 65.3 Å². The van der Waals surface area contributed by atoms with Crippen LogP contribution in [0.1, 0.15) is 40.9 Å². The highest BCUT2D eigenvalue weighted by Crippen LogP contribution is 2.44. The van der Waals surface area contributed by atoms with Gasteiger partial charge in [-0.25, -0.2) is 9.37 Å². The van der Waals surface area contributed by atoms with Gasteiger partial charge < -0.3 is 19.6 Å². The van der Waals surface area contributed by atoms with Crippen LogP contribution in [0.15, 0.2) is 23.0 Å². The van der Waals surface area contributed by atoms with Crippen molar-refractivity contribution in [2.45, 2.75) is 31.1 Å². The van der Waals surface area contributed by atoms with Crippen molar-refractivity contribution in [3.05, 3.63) is 51.2 Å². The number of morpholine rings is 1. The number of piperidine rings is 1. The molecule has 1 spiro atoms. The predicted octanol–water partition coefficient (Wildman–Crippen LogP) is 1.57. The number of fused-ring (bicyclic) bond motifs is 2. The molecule has 1 aliphatic carbocycles. The molecule has 2 fully saturated rings. The molecule has 2 N–H and O–H groups in total. The maximum atomic E-state index is 14.1. The molecule has 0 radical (unpaired) electrons. The van der Waals surface area contributed by atoms with Crippen molar-refractivity contribution in [2.75, 3.05) is 44.3 Å². The maximum Gasteiger partial charge on any atom is 0.256 e. The number of phenolic OH excluding ortho intramolecular Hbond substituents is 1. The van der Waals surface area contributed by atoms with Gasteiger partial charge in [-0.1, -0.05) is 0 Å². The van der Waals surface area contributed by atoms with Gasteiger partial charge in [0.2, 0.25) is 5.95 Å². The normalized spacial score (nSPS) is 20.2. The zero-order chi connectivity index (χ0) is 21.6. The van der Waals surface area contributed by atoms with Gasteiger partial charge in [0.15, 0.2) is 0 Å². The Morgan fingerprint density at radius 1 is 1.16 bits per heavy atom. The Morgan fingerprint density at radius 3 is 2.61 bits per heavy atom. The average molecular weight is 428 g/mol. The lowest BCUT2D eigenvalue weighted by molar-refractivity contribution is 0.0659. The first-order chi connectivity index (χ1) is 15.0. The minimum absolute atomic E-state index is 0.0373. The molecule has 1 aromatic carbocycles. The number of hydrogen-bond donors (Lipinski definition) is 2. The fourth-order valence-corrected chi connectivity index (χ4v) is 5.04. The number of nitrogens with one attached hydrogen (secondary N) is 1. The van der Waals surface area contributed by atoms with Gasteiger partial charge in [0, 0.05) is 43.2 Å². The monoisotopic (exact) mass is 428 g/mol. The summed E-state index contributed by atoms with van der Waals surface area (Å²) in [6.07, 6.45) is 2.89. The minimum Gasteiger partial charge on any atom is -0.508 e. The van der Waals surface area contributed by atoms with Gasteiger partial charge in [-0.05, 0) is 37.8 Å². The molecule has 8 nitrogen and oxygen atoms in total. The molecule has 0 bridgehead atoms. The number of halogens is 1.